The molecule has 0 aromatic rings. The summed E-state index contributed by atoms with van der Waals surface area (Å²) in [5, 5.41) is 45.2. The van der Waals surface area contributed by atoms with E-state index in [9.17, 15) is 25.2 Å². The van der Waals surface area contributed by atoms with Gasteiger partial charge in [-0.3, -0.25) is 4.79 Å². The molecule has 0 heterocycles. The molecule has 0 amide bonds. The number of allylic oxidation sites excluding steroid dienone is 1. The zero-order valence-corrected chi connectivity index (χ0v) is 20.8. The molecule has 5 aliphatic carbocycles. The Bertz CT molecular complexity index is 921. The molecular weight excluding hydrogens is 416 g/mol. The molecule has 33 heavy (non-hydrogen) atoms. The maximum Gasteiger partial charge on any atom is 0.170 e. The fraction of sp³-hybridized carbons (Fsp3) is 0.821. The van der Waals surface area contributed by atoms with Crippen LogP contribution in [0.25, 0.3) is 0 Å². The fourth-order valence-corrected chi connectivity index (χ4v) is 8.86. The average Bonchev–Trinajstić information content (AvgIpc) is 3.23. The molecule has 10 atom stereocenters. The van der Waals surface area contributed by atoms with Crippen LogP contribution in [0.1, 0.15) is 79.6 Å². The monoisotopic (exact) mass is 458 g/mol. The Morgan fingerprint density at radius 1 is 1.12 bits per heavy atom. The lowest BCUT2D eigenvalue weighted by atomic mass is 9.46. The molecule has 5 aliphatic rings. The summed E-state index contributed by atoms with van der Waals surface area (Å²) < 4.78 is 0. The van der Waals surface area contributed by atoms with E-state index in [1.807, 2.05) is 13.0 Å². The highest BCUT2D eigenvalue weighted by Gasteiger charge is 2.72. The molecule has 4 N–H and O–H groups in total. The summed E-state index contributed by atoms with van der Waals surface area (Å²) in [5.74, 6) is 1.20. The lowest BCUT2D eigenvalue weighted by molar-refractivity contribution is -0.199. The first-order valence-electron chi connectivity index (χ1n) is 13.1. The van der Waals surface area contributed by atoms with Crippen LogP contribution in [0.4, 0.5) is 0 Å². The van der Waals surface area contributed by atoms with Crippen molar-refractivity contribution in [1.29, 1.82) is 0 Å². The van der Waals surface area contributed by atoms with Crippen LogP contribution in [0, 0.1) is 40.4 Å². The predicted molar refractivity (Wildman–Crippen MR) is 126 cm³/mol. The van der Waals surface area contributed by atoms with Crippen molar-refractivity contribution in [2.75, 3.05) is 0 Å². The van der Waals surface area contributed by atoms with Crippen molar-refractivity contribution in [2.24, 2.45) is 40.4 Å². The van der Waals surface area contributed by atoms with Crippen molar-refractivity contribution < 1.29 is 25.2 Å². The lowest BCUT2D eigenvalue weighted by Crippen LogP contribution is -2.70. The molecule has 0 aromatic carbocycles. The summed E-state index contributed by atoms with van der Waals surface area (Å²) in [7, 11) is 0. The van der Waals surface area contributed by atoms with E-state index in [4.69, 9.17) is 0 Å². The van der Waals surface area contributed by atoms with Crippen LogP contribution < -0.4 is 0 Å². The maximum atomic E-state index is 14.0. The van der Waals surface area contributed by atoms with Gasteiger partial charge in [-0.25, -0.2) is 0 Å². The van der Waals surface area contributed by atoms with Crippen LogP contribution in [0.15, 0.2) is 23.3 Å². The number of Topliss-reactive ketones (excluding diaryl/α,β-unsaturated/α-hetero) is 1. The summed E-state index contributed by atoms with van der Waals surface area (Å²) in [5.41, 5.74) is -2.57. The molecule has 3 saturated carbocycles. The normalized spacial score (nSPS) is 50.7. The Labute approximate surface area is 198 Å². The van der Waals surface area contributed by atoms with Crippen LogP contribution in [0.3, 0.4) is 0 Å². The van der Waals surface area contributed by atoms with Gasteiger partial charge in [-0.1, -0.05) is 52.3 Å². The van der Waals surface area contributed by atoms with Gasteiger partial charge in [0, 0.05) is 23.7 Å². The average molecular weight is 459 g/mol. The Morgan fingerprint density at radius 3 is 2.48 bits per heavy atom. The van der Waals surface area contributed by atoms with Gasteiger partial charge in [0.2, 0.25) is 0 Å². The van der Waals surface area contributed by atoms with Gasteiger partial charge in [0.1, 0.15) is 0 Å². The molecule has 0 aliphatic heterocycles. The minimum absolute atomic E-state index is 0.143. The molecule has 5 nitrogen and oxygen atoms in total. The van der Waals surface area contributed by atoms with Crippen molar-refractivity contribution in [3.63, 3.8) is 0 Å². The van der Waals surface area contributed by atoms with Gasteiger partial charge >= 0.3 is 0 Å². The van der Waals surface area contributed by atoms with Crippen LogP contribution in [0.5, 0.6) is 0 Å². The van der Waals surface area contributed by atoms with Gasteiger partial charge in [0.15, 0.2) is 11.4 Å². The largest absolute Gasteiger partial charge is 0.393 e. The number of hydrogen-bond donors (Lipinski definition) is 4. The number of carbonyl (C=O) groups excluding carboxylic acids is 1. The third kappa shape index (κ3) is 2.77. The number of aliphatic hydroxyl groups is 4. The van der Waals surface area contributed by atoms with Gasteiger partial charge in [-0.2, -0.15) is 0 Å². The van der Waals surface area contributed by atoms with E-state index in [-0.39, 0.29) is 29.5 Å². The van der Waals surface area contributed by atoms with Crippen molar-refractivity contribution in [3.05, 3.63) is 23.3 Å². The molecule has 0 radical (unpaired) electrons. The Hall–Kier alpha value is -1.01. The molecule has 1 spiro atoms. The van der Waals surface area contributed by atoms with Crippen molar-refractivity contribution in [3.8, 4) is 0 Å². The second kappa shape index (κ2) is 7.25. The quantitative estimate of drug-likeness (QED) is 0.519. The van der Waals surface area contributed by atoms with Crippen LogP contribution >= 0.6 is 0 Å². The highest BCUT2D eigenvalue weighted by Crippen LogP contribution is 2.70. The van der Waals surface area contributed by atoms with E-state index in [0.29, 0.717) is 42.6 Å². The number of aliphatic hydroxyl groups excluding tert-OH is 2. The first-order valence-corrected chi connectivity index (χ1v) is 13.1. The molecule has 0 bridgehead atoms. The van der Waals surface area contributed by atoms with Crippen LogP contribution in [-0.2, 0) is 4.79 Å². The third-order valence-corrected chi connectivity index (χ3v) is 11.4. The number of carbonyl (C=O) groups is 1. The number of fused-ring (bicyclic) bond motifs is 3. The van der Waals surface area contributed by atoms with Crippen LogP contribution in [0.2, 0.25) is 0 Å². The zero-order chi connectivity index (χ0) is 24.1. The molecule has 3 fully saturated rings. The topological polar surface area (TPSA) is 98.0 Å². The first kappa shape index (κ1) is 23.7. The van der Waals surface area contributed by atoms with E-state index in [1.165, 1.54) is 5.57 Å². The molecule has 4 unspecified atom stereocenters. The Morgan fingerprint density at radius 2 is 1.82 bits per heavy atom. The van der Waals surface area contributed by atoms with E-state index in [2.05, 4.69) is 27.7 Å². The standard InChI is InChI=1S/C28H42O5/c1-15(2)16(3)24(31)19-13-26-14-23(30)28(33)22(21(26)7-6-20(26)17(19)4)9-11-27(32)12-18(29)8-10-25(27,28)5/h9,11,15-20,24,29,31-33H,6-8,10,12-14H2,1-5H3/t16-,17-,18?,19?,20-,24?,25+,26-,27?,28+/m1/s1. The summed E-state index contributed by atoms with van der Waals surface area (Å²) in [6.07, 6.45) is 6.47. The first-order chi connectivity index (χ1) is 15.3. The van der Waals surface area contributed by atoms with E-state index in [1.54, 1.807) is 6.08 Å². The highest BCUT2D eigenvalue weighted by atomic mass is 16.3. The van der Waals surface area contributed by atoms with E-state index >= 15 is 0 Å². The van der Waals surface area contributed by atoms with Crippen molar-refractivity contribution in [2.45, 2.75) is 103 Å². The highest BCUT2D eigenvalue weighted by molar-refractivity contribution is 5.96. The second-order valence-corrected chi connectivity index (χ2v) is 12.8. The number of rotatable bonds is 3. The van der Waals surface area contributed by atoms with Gasteiger partial charge in [-0.15, -0.1) is 0 Å². The number of hydrogen-bond acceptors (Lipinski definition) is 5. The summed E-state index contributed by atoms with van der Waals surface area (Å²) in [6.45, 7) is 10.5. The van der Waals surface area contributed by atoms with Crippen LogP contribution in [-0.4, -0.2) is 49.6 Å². The predicted octanol–water partition coefficient (Wildman–Crippen LogP) is 3.54. The molecule has 0 saturated heterocycles. The van der Waals surface area contributed by atoms with Crippen molar-refractivity contribution >= 4 is 5.78 Å². The van der Waals surface area contributed by atoms with Gasteiger partial charge in [0.25, 0.3) is 0 Å². The van der Waals surface area contributed by atoms with Gasteiger partial charge in [0.05, 0.1) is 17.8 Å². The smallest absolute Gasteiger partial charge is 0.170 e. The minimum Gasteiger partial charge on any atom is -0.393 e. The minimum atomic E-state index is -1.72. The SMILES string of the molecule is CC(C)[C@@H](C)C(O)C1C[C@]23CC(=O)[C@@]4(O)C(=C2CC[C@@H]3[C@@H]1C)C=CC1(O)CC(O)CC[C@@]14C. The summed E-state index contributed by atoms with van der Waals surface area (Å²) in [4.78, 5) is 14.0. The summed E-state index contributed by atoms with van der Waals surface area (Å²) in [6, 6.07) is 0. The second-order valence-electron chi connectivity index (χ2n) is 12.8. The lowest BCUT2D eigenvalue weighted by Gasteiger charge is -2.60. The fourth-order valence-electron chi connectivity index (χ4n) is 8.86. The number of ketones is 1. The summed E-state index contributed by atoms with van der Waals surface area (Å²) >= 11 is 0. The van der Waals surface area contributed by atoms with E-state index < -0.39 is 28.8 Å². The maximum absolute atomic E-state index is 14.0. The molecular formula is C28H42O5. The molecule has 184 valence electrons. The third-order valence-electron chi connectivity index (χ3n) is 11.4. The van der Waals surface area contributed by atoms with Crippen molar-refractivity contribution in [1.82, 2.24) is 0 Å². The molecule has 0 aromatic heterocycles. The van der Waals surface area contributed by atoms with Gasteiger partial charge in [-0.05, 0) is 67.3 Å². The molecule has 5 heteroatoms. The Kier molecular flexibility index (Phi) is 5.21. The van der Waals surface area contributed by atoms with Gasteiger partial charge < -0.3 is 20.4 Å². The Balaban J connectivity index is 1.62. The molecule has 5 rings (SSSR count). The zero-order valence-electron chi connectivity index (χ0n) is 20.8. The van der Waals surface area contributed by atoms with E-state index in [0.717, 1.165) is 19.3 Å².